The average molecular weight is 337 g/mol. The number of thiazole rings is 1. The molecule has 6 heteroatoms. The van der Waals surface area contributed by atoms with E-state index in [0.717, 1.165) is 22.2 Å². The van der Waals surface area contributed by atoms with Crippen LogP contribution in [0.4, 0.5) is 5.82 Å². The molecule has 3 heterocycles. The molecule has 1 unspecified atom stereocenters. The Morgan fingerprint density at radius 2 is 2.04 bits per heavy atom. The zero-order valence-electron chi connectivity index (χ0n) is 13.7. The van der Waals surface area contributed by atoms with Crippen molar-refractivity contribution in [3.63, 3.8) is 0 Å². The lowest BCUT2D eigenvalue weighted by atomic mass is 10.2. The molecule has 1 atom stereocenters. The predicted molar refractivity (Wildman–Crippen MR) is 95.9 cm³/mol. The summed E-state index contributed by atoms with van der Waals surface area (Å²) in [5.41, 5.74) is 1.72. The van der Waals surface area contributed by atoms with Crippen molar-refractivity contribution in [1.82, 2.24) is 19.9 Å². The summed E-state index contributed by atoms with van der Waals surface area (Å²) in [7, 11) is 0. The van der Waals surface area contributed by atoms with Crippen molar-refractivity contribution in [2.24, 2.45) is 5.92 Å². The molecule has 0 aliphatic heterocycles. The number of pyridine rings is 1. The highest BCUT2D eigenvalue weighted by Gasteiger charge is 2.34. The molecule has 3 aromatic heterocycles. The molecule has 1 aliphatic rings. The van der Waals surface area contributed by atoms with E-state index >= 15 is 0 Å². The van der Waals surface area contributed by atoms with Gasteiger partial charge in [-0.25, -0.2) is 15.0 Å². The van der Waals surface area contributed by atoms with Gasteiger partial charge in [0.15, 0.2) is 5.82 Å². The molecule has 0 bridgehead atoms. The van der Waals surface area contributed by atoms with Gasteiger partial charge in [0.25, 0.3) is 0 Å². The first kappa shape index (κ1) is 15.2. The number of rotatable bonds is 5. The monoisotopic (exact) mass is 337 g/mol. The minimum Gasteiger partial charge on any atom is -0.360 e. The van der Waals surface area contributed by atoms with Crippen LogP contribution in [0.15, 0.2) is 36.7 Å². The lowest BCUT2D eigenvalue weighted by Gasteiger charge is -2.17. The first-order valence-electron chi connectivity index (χ1n) is 8.15. The van der Waals surface area contributed by atoms with Crippen molar-refractivity contribution < 1.29 is 0 Å². The first-order chi connectivity index (χ1) is 11.7. The number of aryl methyl sites for hydroxylation is 2. The van der Waals surface area contributed by atoms with E-state index in [0.29, 0.717) is 11.7 Å². The van der Waals surface area contributed by atoms with E-state index in [1.54, 1.807) is 17.5 Å². The molecule has 1 saturated carbocycles. The van der Waals surface area contributed by atoms with Crippen LogP contribution in [0.1, 0.15) is 34.5 Å². The summed E-state index contributed by atoms with van der Waals surface area (Å²) in [5, 5.41) is 4.73. The Morgan fingerprint density at radius 1 is 1.17 bits per heavy atom. The third-order valence-electron chi connectivity index (χ3n) is 4.05. The van der Waals surface area contributed by atoms with Gasteiger partial charge in [-0.1, -0.05) is 6.07 Å². The fourth-order valence-corrected chi connectivity index (χ4v) is 3.66. The minimum atomic E-state index is 0.231. The summed E-state index contributed by atoms with van der Waals surface area (Å²) < 4.78 is 0. The summed E-state index contributed by atoms with van der Waals surface area (Å²) in [4.78, 5) is 19.4. The Morgan fingerprint density at radius 3 is 2.71 bits per heavy atom. The maximum Gasteiger partial charge on any atom is 0.180 e. The van der Waals surface area contributed by atoms with E-state index < -0.39 is 0 Å². The summed E-state index contributed by atoms with van der Waals surface area (Å²) >= 11 is 1.76. The molecule has 1 N–H and O–H groups in total. The topological polar surface area (TPSA) is 63.6 Å². The third-order valence-corrected chi connectivity index (χ3v) is 5.05. The summed E-state index contributed by atoms with van der Waals surface area (Å²) in [6.45, 7) is 4.08. The van der Waals surface area contributed by atoms with Crippen molar-refractivity contribution >= 4 is 17.2 Å². The average Bonchev–Trinajstić information content (AvgIpc) is 3.34. The predicted octanol–water partition coefficient (Wildman–Crippen LogP) is 4.18. The van der Waals surface area contributed by atoms with Gasteiger partial charge in [0, 0.05) is 29.0 Å². The molecule has 5 nitrogen and oxygen atoms in total. The zero-order valence-corrected chi connectivity index (χ0v) is 14.5. The highest BCUT2D eigenvalue weighted by atomic mass is 32.1. The lowest BCUT2D eigenvalue weighted by molar-refractivity contribution is 0.670. The Labute approximate surface area is 145 Å². The molecule has 0 amide bonds. The Balaban J connectivity index is 1.65. The van der Waals surface area contributed by atoms with Crippen LogP contribution in [0.25, 0.3) is 11.5 Å². The van der Waals surface area contributed by atoms with Crippen molar-refractivity contribution in [2.45, 2.75) is 32.7 Å². The summed E-state index contributed by atoms with van der Waals surface area (Å²) in [6.07, 6.45) is 6.20. The Kier molecular flexibility index (Phi) is 3.98. The Bertz CT molecular complexity index is 842. The van der Waals surface area contributed by atoms with Crippen LogP contribution in [0.2, 0.25) is 0 Å². The second kappa shape index (κ2) is 6.28. The highest BCUT2D eigenvalue weighted by Crippen LogP contribution is 2.43. The van der Waals surface area contributed by atoms with Crippen LogP contribution in [-0.4, -0.2) is 19.9 Å². The summed E-state index contributed by atoms with van der Waals surface area (Å²) in [6, 6.07) is 8.00. The van der Waals surface area contributed by atoms with E-state index in [9.17, 15) is 0 Å². The largest absolute Gasteiger partial charge is 0.360 e. The van der Waals surface area contributed by atoms with Crippen molar-refractivity contribution in [3.05, 3.63) is 52.2 Å². The number of hydrogen-bond acceptors (Lipinski definition) is 6. The van der Waals surface area contributed by atoms with Crippen molar-refractivity contribution in [1.29, 1.82) is 0 Å². The molecule has 0 aromatic carbocycles. The fourth-order valence-electron chi connectivity index (χ4n) is 2.74. The standard InChI is InChI=1S/C18H19N5S/c1-11-9-15(23-17(21-11)14-5-3-4-8-19-14)22-16(13-6-7-13)18-20-10-12(2)24-18/h3-5,8-10,13,16H,6-7H2,1-2H3,(H,21,22,23). The van der Waals surface area contributed by atoms with E-state index in [2.05, 4.69) is 32.2 Å². The number of anilines is 1. The first-order valence-corrected chi connectivity index (χ1v) is 8.96. The lowest BCUT2D eigenvalue weighted by Crippen LogP contribution is -2.14. The molecule has 0 saturated heterocycles. The fraction of sp³-hybridized carbons (Fsp3) is 0.333. The van der Waals surface area contributed by atoms with Crippen molar-refractivity contribution in [3.8, 4) is 11.5 Å². The molecule has 24 heavy (non-hydrogen) atoms. The minimum absolute atomic E-state index is 0.231. The van der Waals surface area contributed by atoms with Gasteiger partial charge in [0.05, 0.1) is 6.04 Å². The molecular formula is C18H19N5S. The van der Waals surface area contributed by atoms with Gasteiger partial charge in [-0.05, 0) is 44.7 Å². The van der Waals surface area contributed by atoms with Crippen molar-refractivity contribution in [2.75, 3.05) is 5.32 Å². The quantitative estimate of drug-likeness (QED) is 0.757. The second-order valence-corrected chi connectivity index (χ2v) is 7.47. The van der Waals surface area contributed by atoms with Crippen LogP contribution in [0.3, 0.4) is 0 Å². The number of nitrogens with zero attached hydrogens (tertiary/aromatic N) is 4. The van der Waals surface area contributed by atoms with Gasteiger partial charge in [-0.15, -0.1) is 11.3 Å². The smallest absolute Gasteiger partial charge is 0.180 e. The van der Waals surface area contributed by atoms with Gasteiger partial charge in [0.2, 0.25) is 0 Å². The highest BCUT2D eigenvalue weighted by molar-refractivity contribution is 7.11. The number of nitrogens with one attached hydrogen (secondary N) is 1. The van der Waals surface area contributed by atoms with Crippen LogP contribution in [0.5, 0.6) is 0 Å². The van der Waals surface area contributed by atoms with Gasteiger partial charge in [-0.3, -0.25) is 4.98 Å². The third kappa shape index (κ3) is 3.28. The van der Waals surface area contributed by atoms with Crippen LogP contribution >= 0.6 is 11.3 Å². The van der Waals surface area contributed by atoms with E-state index in [1.807, 2.05) is 37.4 Å². The summed E-state index contributed by atoms with van der Waals surface area (Å²) in [5.74, 6) is 2.14. The molecule has 4 rings (SSSR count). The molecule has 122 valence electrons. The molecule has 0 radical (unpaired) electrons. The van der Waals surface area contributed by atoms with Crippen LogP contribution in [-0.2, 0) is 0 Å². The van der Waals surface area contributed by atoms with E-state index in [4.69, 9.17) is 0 Å². The van der Waals surface area contributed by atoms with Gasteiger partial charge >= 0.3 is 0 Å². The molecule has 1 fully saturated rings. The maximum absolute atomic E-state index is 4.68. The van der Waals surface area contributed by atoms with Crippen LogP contribution in [0, 0.1) is 19.8 Å². The molecule has 1 aliphatic carbocycles. The second-order valence-electron chi connectivity index (χ2n) is 6.20. The van der Waals surface area contributed by atoms with Gasteiger partial charge in [-0.2, -0.15) is 0 Å². The Hall–Kier alpha value is -2.34. The zero-order chi connectivity index (χ0) is 16.5. The molecular weight excluding hydrogens is 318 g/mol. The van der Waals surface area contributed by atoms with Gasteiger partial charge < -0.3 is 5.32 Å². The molecule has 3 aromatic rings. The van der Waals surface area contributed by atoms with E-state index in [1.165, 1.54) is 17.7 Å². The number of hydrogen-bond donors (Lipinski definition) is 1. The normalized spacial score (nSPS) is 15.2. The maximum atomic E-state index is 4.68. The SMILES string of the molecule is Cc1cc(NC(c2ncc(C)s2)C2CC2)nc(-c2ccccn2)n1. The van der Waals surface area contributed by atoms with Crippen LogP contribution < -0.4 is 5.32 Å². The number of aromatic nitrogens is 4. The molecule has 0 spiro atoms. The van der Waals surface area contributed by atoms with E-state index in [-0.39, 0.29) is 6.04 Å². The van der Waals surface area contributed by atoms with Gasteiger partial charge in [0.1, 0.15) is 16.5 Å².